The van der Waals surface area contributed by atoms with E-state index in [0.717, 1.165) is 25.2 Å². The van der Waals surface area contributed by atoms with E-state index in [4.69, 9.17) is 15.7 Å². The van der Waals surface area contributed by atoms with E-state index in [1.165, 1.54) is 0 Å². The van der Waals surface area contributed by atoms with Crippen molar-refractivity contribution in [1.29, 1.82) is 5.26 Å². The summed E-state index contributed by atoms with van der Waals surface area (Å²) in [5, 5.41) is 11.7. The molecule has 0 radical (unpaired) electrons. The minimum Gasteiger partial charge on any atom is -0.399 e. The number of ether oxygens (including phenoxy) is 1. The van der Waals surface area contributed by atoms with Crippen LogP contribution in [0, 0.1) is 11.3 Å². The third-order valence-corrected chi connectivity index (χ3v) is 3.37. The monoisotopic (exact) mass is 288 g/mol. The summed E-state index contributed by atoms with van der Waals surface area (Å²) < 4.78 is 5.28. The zero-order valence-corrected chi connectivity index (χ0v) is 11.9. The van der Waals surface area contributed by atoms with Gasteiger partial charge < -0.3 is 15.8 Å². The smallest absolute Gasteiger partial charge is 0.224 e. The first-order valence-electron chi connectivity index (χ1n) is 7.06. The van der Waals surface area contributed by atoms with Crippen LogP contribution >= 0.6 is 0 Å². The van der Waals surface area contributed by atoms with Crippen LogP contribution in [0.5, 0.6) is 0 Å². The van der Waals surface area contributed by atoms with Gasteiger partial charge >= 0.3 is 0 Å². The summed E-state index contributed by atoms with van der Waals surface area (Å²) in [6.07, 6.45) is 0.875. The first-order chi connectivity index (χ1) is 10.2. The van der Waals surface area contributed by atoms with E-state index in [1.54, 1.807) is 24.3 Å². The lowest BCUT2D eigenvalue weighted by Crippen LogP contribution is -2.42. The van der Waals surface area contributed by atoms with Gasteiger partial charge in [0, 0.05) is 30.9 Å². The highest BCUT2D eigenvalue weighted by Gasteiger charge is 2.19. The van der Waals surface area contributed by atoms with Gasteiger partial charge in [0.25, 0.3) is 0 Å². The molecule has 1 aliphatic rings. The van der Waals surface area contributed by atoms with Crippen molar-refractivity contribution in [1.82, 2.24) is 4.90 Å². The third kappa shape index (κ3) is 5.06. The quantitative estimate of drug-likeness (QED) is 0.795. The second kappa shape index (κ2) is 7.62. The summed E-state index contributed by atoms with van der Waals surface area (Å²) in [4.78, 5) is 14.0. The number of morpholine rings is 1. The summed E-state index contributed by atoms with van der Waals surface area (Å²) in [5.41, 5.74) is 7.02. The normalized spacial score (nSPS) is 18.9. The molecule has 3 N–H and O–H groups in total. The Labute approximate surface area is 124 Å². The first kappa shape index (κ1) is 15.3. The Morgan fingerprint density at radius 1 is 1.48 bits per heavy atom. The molecular formula is C15H20N4O2. The molecule has 0 spiro atoms. The predicted octanol–water partition coefficient (Wildman–Crippen LogP) is 1.21. The number of hydrogen-bond acceptors (Lipinski definition) is 5. The number of benzene rings is 1. The van der Waals surface area contributed by atoms with E-state index < -0.39 is 0 Å². The van der Waals surface area contributed by atoms with Gasteiger partial charge in [-0.05, 0) is 37.2 Å². The average molecular weight is 288 g/mol. The van der Waals surface area contributed by atoms with E-state index in [0.29, 0.717) is 25.3 Å². The van der Waals surface area contributed by atoms with E-state index in [1.807, 2.05) is 0 Å². The first-order valence-corrected chi connectivity index (χ1v) is 7.06. The van der Waals surface area contributed by atoms with Crippen molar-refractivity contribution in [2.45, 2.75) is 18.9 Å². The molecule has 1 heterocycles. The van der Waals surface area contributed by atoms with Crippen molar-refractivity contribution in [2.24, 2.45) is 0 Å². The fourth-order valence-corrected chi connectivity index (χ4v) is 2.24. The lowest BCUT2D eigenvalue weighted by molar-refractivity contribution is -0.116. The number of nitrogens with zero attached hydrogens (tertiary/aromatic N) is 2. The maximum Gasteiger partial charge on any atom is 0.224 e. The number of rotatable bonds is 5. The van der Waals surface area contributed by atoms with E-state index >= 15 is 0 Å². The zero-order chi connectivity index (χ0) is 15.1. The molecule has 0 aliphatic carbocycles. The number of nitrogens with one attached hydrogen (secondary N) is 1. The minimum atomic E-state index is -0.345. The molecule has 0 bridgehead atoms. The van der Waals surface area contributed by atoms with Crippen LogP contribution in [-0.2, 0) is 9.53 Å². The van der Waals surface area contributed by atoms with Crippen LogP contribution in [0.1, 0.15) is 12.8 Å². The highest BCUT2D eigenvalue weighted by molar-refractivity contribution is 5.90. The number of nitrogens with two attached hydrogens (primary N) is 1. The molecule has 1 aromatic carbocycles. The fourth-order valence-electron chi connectivity index (χ4n) is 2.24. The van der Waals surface area contributed by atoms with Gasteiger partial charge in [0.15, 0.2) is 6.10 Å². The molecular weight excluding hydrogens is 268 g/mol. The lowest BCUT2D eigenvalue weighted by Gasteiger charge is -2.29. The molecule has 0 saturated carbocycles. The number of amides is 1. The van der Waals surface area contributed by atoms with Crippen LogP contribution in [0.3, 0.4) is 0 Å². The molecule has 6 heteroatoms. The zero-order valence-electron chi connectivity index (χ0n) is 11.9. The molecule has 1 unspecified atom stereocenters. The van der Waals surface area contributed by atoms with Crippen molar-refractivity contribution in [3.05, 3.63) is 24.3 Å². The summed E-state index contributed by atoms with van der Waals surface area (Å²) in [6.45, 7) is 2.82. The molecule has 1 saturated heterocycles. The van der Waals surface area contributed by atoms with E-state index in [9.17, 15) is 4.79 Å². The third-order valence-electron chi connectivity index (χ3n) is 3.37. The molecule has 1 fully saturated rings. The van der Waals surface area contributed by atoms with Crippen LogP contribution in [0.4, 0.5) is 11.4 Å². The topological polar surface area (TPSA) is 91.4 Å². The molecule has 1 atom stereocenters. The van der Waals surface area contributed by atoms with E-state index in [2.05, 4.69) is 16.3 Å². The minimum absolute atomic E-state index is 0.00939. The van der Waals surface area contributed by atoms with Crippen molar-refractivity contribution < 1.29 is 9.53 Å². The van der Waals surface area contributed by atoms with Gasteiger partial charge in [0.05, 0.1) is 12.7 Å². The number of nitrogen functional groups attached to an aromatic ring is 1. The number of carbonyl (C=O) groups excluding carboxylic acids is 1. The summed E-state index contributed by atoms with van der Waals surface area (Å²) in [6, 6.07) is 9.20. The highest BCUT2D eigenvalue weighted by Crippen LogP contribution is 2.11. The van der Waals surface area contributed by atoms with Crippen molar-refractivity contribution in [2.75, 3.05) is 37.3 Å². The van der Waals surface area contributed by atoms with Crippen LogP contribution in [-0.4, -0.2) is 43.2 Å². The Bertz CT molecular complexity index is 509. The number of carbonyl (C=O) groups is 1. The van der Waals surface area contributed by atoms with Crippen LogP contribution in [0.25, 0.3) is 0 Å². The lowest BCUT2D eigenvalue weighted by atomic mass is 10.2. The number of anilines is 2. The van der Waals surface area contributed by atoms with E-state index in [-0.39, 0.29) is 12.0 Å². The molecule has 112 valence electrons. The predicted molar refractivity (Wildman–Crippen MR) is 80.5 cm³/mol. The second-order valence-corrected chi connectivity index (χ2v) is 5.06. The van der Waals surface area contributed by atoms with Gasteiger partial charge in [-0.1, -0.05) is 0 Å². The fraction of sp³-hybridized carbons (Fsp3) is 0.467. The Morgan fingerprint density at radius 2 is 2.24 bits per heavy atom. The maximum absolute atomic E-state index is 11.8. The van der Waals surface area contributed by atoms with Crippen LogP contribution < -0.4 is 11.1 Å². The van der Waals surface area contributed by atoms with Crippen LogP contribution in [0.2, 0.25) is 0 Å². The average Bonchev–Trinajstić information content (AvgIpc) is 2.50. The van der Waals surface area contributed by atoms with Gasteiger partial charge in [-0.25, -0.2) is 0 Å². The van der Waals surface area contributed by atoms with Crippen molar-refractivity contribution in [3.63, 3.8) is 0 Å². The molecule has 2 rings (SSSR count). The second-order valence-electron chi connectivity index (χ2n) is 5.06. The summed E-state index contributed by atoms with van der Waals surface area (Å²) in [7, 11) is 0. The summed E-state index contributed by atoms with van der Waals surface area (Å²) in [5.74, 6) is -0.00939. The number of hydrogen-bond donors (Lipinski definition) is 2. The van der Waals surface area contributed by atoms with Crippen molar-refractivity contribution >= 4 is 17.3 Å². The number of nitriles is 1. The van der Waals surface area contributed by atoms with Gasteiger partial charge in [0.2, 0.25) is 5.91 Å². The molecule has 0 aromatic heterocycles. The van der Waals surface area contributed by atoms with Gasteiger partial charge in [0.1, 0.15) is 0 Å². The van der Waals surface area contributed by atoms with Crippen molar-refractivity contribution in [3.8, 4) is 6.07 Å². The Kier molecular flexibility index (Phi) is 5.55. The molecule has 1 aromatic rings. The Balaban J connectivity index is 1.67. The van der Waals surface area contributed by atoms with Gasteiger partial charge in [-0.3, -0.25) is 9.69 Å². The largest absolute Gasteiger partial charge is 0.399 e. The Morgan fingerprint density at radius 3 is 2.95 bits per heavy atom. The highest BCUT2D eigenvalue weighted by atomic mass is 16.5. The maximum atomic E-state index is 11.8. The molecule has 1 aliphatic heterocycles. The molecule has 1 amide bonds. The standard InChI is InChI=1S/C15H20N4O2/c16-10-14-11-19(8-9-21-14)7-1-2-15(20)18-13-5-3-12(17)4-6-13/h3-6,14H,1-2,7-9,11,17H2,(H,18,20). The van der Waals surface area contributed by atoms with Gasteiger partial charge in [-0.2, -0.15) is 5.26 Å². The Hall–Kier alpha value is -2.10. The van der Waals surface area contributed by atoms with Crippen LogP contribution in [0.15, 0.2) is 24.3 Å². The molecule has 6 nitrogen and oxygen atoms in total. The van der Waals surface area contributed by atoms with Gasteiger partial charge in [-0.15, -0.1) is 0 Å². The molecule has 21 heavy (non-hydrogen) atoms. The summed E-state index contributed by atoms with van der Waals surface area (Å²) >= 11 is 0. The SMILES string of the molecule is N#CC1CN(CCCC(=O)Nc2ccc(N)cc2)CCO1.